The number of hydrogen-bond donors (Lipinski definition) is 0. The average Bonchev–Trinajstić information content (AvgIpc) is 2.81. The van der Waals surface area contributed by atoms with Gasteiger partial charge in [-0.05, 0) is 35.1 Å². The lowest BCUT2D eigenvalue weighted by atomic mass is 9.85. The maximum absolute atomic E-state index is 13.0. The first-order valence-corrected chi connectivity index (χ1v) is 8.34. The molecule has 2 aromatic carbocycles. The molecule has 2 aromatic rings. The van der Waals surface area contributed by atoms with Crippen LogP contribution in [0.25, 0.3) is 0 Å². The summed E-state index contributed by atoms with van der Waals surface area (Å²) in [4.78, 5) is 14.8. The van der Waals surface area contributed by atoms with E-state index in [0.717, 1.165) is 18.4 Å². The van der Waals surface area contributed by atoms with Gasteiger partial charge in [-0.2, -0.15) is 0 Å². The molecule has 1 amide bonds. The zero-order chi connectivity index (χ0) is 16.5. The lowest BCUT2D eigenvalue weighted by Gasteiger charge is -2.20. The topological polar surface area (TPSA) is 20.3 Å². The summed E-state index contributed by atoms with van der Waals surface area (Å²) < 4.78 is 0. The Morgan fingerprint density at radius 3 is 2.50 bits per heavy atom. The van der Waals surface area contributed by atoms with Crippen molar-refractivity contribution in [1.82, 2.24) is 4.90 Å². The van der Waals surface area contributed by atoms with Crippen LogP contribution in [0.1, 0.15) is 22.6 Å². The van der Waals surface area contributed by atoms with Crippen molar-refractivity contribution in [2.45, 2.75) is 18.8 Å². The van der Waals surface area contributed by atoms with E-state index in [1.54, 1.807) is 4.90 Å². The third kappa shape index (κ3) is 2.43. The van der Waals surface area contributed by atoms with Gasteiger partial charge in [0, 0.05) is 18.0 Å². The summed E-state index contributed by atoms with van der Waals surface area (Å²) in [5, 5.41) is 0. The van der Waals surface area contributed by atoms with Crippen molar-refractivity contribution in [2.75, 3.05) is 13.1 Å². The summed E-state index contributed by atoms with van der Waals surface area (Å²) in [5.74, 6) is 2.84. The van der Waals surface area contributed by atoms with Crippen LogP contribution in [0.2, 0.25) is 0 Å². The van der Waals surface area contributed by atoms with Crippen molar-refractivity contribution in [1.29, 1.82) is 0 Å². The van der Waals surface area contributed by atoms with Crippen LogP contribution >= 0.6 is 0 Å². The van der Waals surface area contributed by atoms with Crippen LogP contribution in [-0.2, 0) is 17.6 Å². The van der Waals surface area contributed by atoms with Gasteiger partial charge in [0.05, 0.1) is 6.54 Å². The fourth-order valence-corrected chi connectivity index (χ4v) is 3.94. The van der Waals surface area contributed by atoms with Crippen molar-refractivity contribution in [3.8, 4) is 12.3 Å². The van der Waals surface area contributed by atoms with Crippen molar-refractivity contribution >= 4 is 5.91 Å². The standard InChI is InChI=1S/C22H19NO/c1-2-12-23-15-19-13-17-10-6-7-11-18(17)14-20(21(19)22(23)24)16-8-4-3-5-9-16/h1,3-11,20H,12-15H2. The van der Waals surface area contributed by atoms with Crippen molar-refractivity contribution < 1.29 is 4.79 Å². The summed E-state index contributed by atoms with van der Waals surface area (Å²) in [6.45, 7) is 1.05. The largest absolute Gasteiger partial charge is 0.324 e. The molecule has 24 heavy (non-hydrogen) atoms. The van der Waals surface area contributed by atoms with Crippen LogP contribution in [0.5, 0.6) is 0 Å². The molecular formula is C22H19NO. The van der Waals surface area contributed by atoms with E-state index in [2.05, 4.69) is 42.3 Å². The van der Waals surface area contributed by atoms with Crippen LogP contribution in [0.3, 0.4) is 0 Å². The fourth-order valence-electron chi connectivity index (χ4n) is 3.94. The molecular weight excluding hydrogens is 294 g/mol. The molecule has 0 fully saturated rings. The normalized spacial score (nSPS) is 19.5. The van der Waals surface area contributed by atoms with Crippen LogP contribution in [-0.4, -0.2) is 23.9 Å². The summed E-state index contributed by atoms with van der Waals surface area (Å²) in [6.07, 6.45) is 7.17. The molecule has 0 saturated carbocycles. The Morgan fingerprint density at radius 2 is 1.75 bits per heavy atom. The van der Waals surface area contributed by atoms with Crippen LogP contribution < -0.4 is 0 Å². The molecule has 2 nitrogen and oxygen atoms in total. The highest BCUT2D eigenvalue weighted by Crippen LogP contribution is 2.39. The minimum Gasteiger partial charge on any atom is -0.324 e. The molecule has 0 bridgehead atoms. The predicted octanol–water partition coefficient (Wildman–Crippen LogP) is 3.34. The lowest BCUT2D eigenvalue weighted by Crippen LogP contribution is -2.29. The smallest absolute Gasteiger partial charge is 0.251 e. The molecule has 2 aliphatic rings. The summed E-state index contributed by atoms with van der Waals surface area (Å²) in [5.41, 5.74) is 6.08. The molecule has 0 aromatic heterocycles. The molecule has 1 atom stereocenters. The Bertz CT molecular complexity index is 857. The monoisotopic (exact) mass is 313 g/mol. The second-order valence-electron chi connectivity index (χ2n) is 6.50. The third-order valence-electron chi connectivity index (χ3n) is 5.06. The van der Waals surface area contributed by atoms with Gasteiger partial charge in [0.2, 0.25) is 0 Å². The Balaban J connectivity index is 1.83. The number of nitrogens with zero attached hydrogens (tertiary/aromatic N) is 1. The van der Waals surface area contributed by atoms with Gasteiger partial charge < -0.3 is 4.90 Å². The second kappa shape index (κ2) is 6.02. The van der Waals surface area contributed by atoms with E-state index in [0.29, 0.717) is 13.1 Å². The quantitative estimate of drug-likeness (QED) is 0.779. The highest BCUT2D eigenvalue weighted by molar-refractivity contribution is 5.99. The first-order chi connectivity index (χ1) is 11.8. The number of terminal acetylenes is 1. The van der Waals surface area contributed by atoms with Crippen LogP contribution in [0, 0.1) is 12.3 Å². The van der Waals surface area contributed by atoms with Gasteiger partial charge in [-0.3, -0.25) is 4.79 Å². The zero-order valence-electron chi connectivity index (χ0n) is 13.5. The van der Waals surface area contributed by atoms with Gasteiger partial charge in [0.1, 0.15) is 0 Å². The molecule has 1 unspecified atom stereocenters. The molecule has 2 heteroatoms. The summed E-state index contributed by atoms with van der Waals surface area (Å²) in [6, 6.07) is 18.9. The maximum Gasteiger partial charge on any atom is 0.251 e. The minimum absolute atomic E-state index is 0.111. The highest BCUT2D eigenvalue weighted by Gasteiger charge is 2.37. The minimum atomic E-state index is 0.111. The highest BCUT2D eigenvalue weighted by atomic mass is 16.2. The molecule has 0 spiro atoms. The number of rotatable bonds is 2. The van der Waals surface area contributed by atoms with E-state index in [4.69, 9.17) is 6.42 Å². The Kier molecular flexibility index (Phi) is 3.70. The first kappa shape index (κ1) is 14.8. The number of carbonyl (C=O) groups is 1. The molecule has 0 N–H and O–H groups in total. The maximum atomic E-state index is 13.0. The van der Waals surface area contributed by atoms with Gasteiger partial charge in [-0.15, -0.1) is 6.42 Å². The van der Waals surface area contributed by atoms with Gasteiger partial charge >= 0.3 is 0 Å². The van der Waals surface area contributed by atoms with Gasteiger partial charge in [0.15, 0.2) is 0 Å². The Hall–Kier alpha value is -2.79. The first-order valence-electron chi connectivity index (χ1n) is 8.34. The molecule has 118 valence electrons. The van der Waals surface area contributed by atoms with Gasteiger partial charge in [0.25, 0.3) is 5.91 Å². The van der Waals surface area contributed by atoms with E-state index < -0.39 is 0 Å². The number of amides is 1. The van der Waals surface area contributed by atoms with E-state index in [-0.39, 0.29) is 11.8 Å². The molecule has 1 aliphatic heterocycles. The number of benzene rings is 2. The molecule has 4 rings (SSSR count). The molecule has 1 heterocycles. The van der Waals surface area contributed by atoms with Crippen LogP contribution in [0.4, 0.5) is 0 Å². The van der Waals surface area contributed by atoms with E-state index in [9.17, 15) is 4.79 Å². The number of carbonyl (C=O) groups excluding carboxylic acids is 1. The Labute approximate surface area is 142 Å². The third-order valence-corrected chi connectivity index (χ3v) is 5.06. The summed E-state index contributed by atoms with van der Waals surface area (Å²) in [7, 11) is 0. The van der Waals surface area contributed by atoms with Gasteiger partial charge in [-0.1, -0.05) is 60.5 Å². The van der Waals surface area contributed by atoms with Gasteiger partial charge in [-0.25, -0.2) is 0 Å². The van der Waals surface area contributed by atoms with E-state index in [1.807, 2.05) is 18.2 Å². The fraction of sp³-hybridized carbons (Fsp3) is 0.227. The van der Waals surface area contributed by atoms with Crippen molar-refractivity contribution in [3.63, 3.8) is 0 Å². The van der Waals surface area contributed by atoms with E-state index in [1.165, 1.54) is 22.3 Å². The van der Waals surface area contributed by atoms with Crippen molar-refractivity contribution in [3.05, 3.63) is 82.4 Å². The Morgan fingerprint density at radius 1 is 1.04 bits per heavy atom. The molecule has 0 radical (unpaired) electrons. The SMILES string of the molecule is C#CCN1CC2=C(C1=O)C(c1ccccc1)Cc1ccccc1C2. The summed E-state index contributed by atoms with van der Waals surface area (Å²) >= 11 is 0. The second-order valence-corrected chi connectivity index (χ2v) is 6.50. The van der Waals surface area contributed by atoms with E-state index >= 15 is 0 Å². The van der Waals surface area contributed by atoms with Crippen molar-refractivity contribution in [2.24, 2.45) is 0 Å². The number of hydrogen-bond acceptors (Lipinski definition) is 1. The molecule has 1 aliphatic carbocycles. The lowest BCUT2D eigenvalue weighted by molar-refractivity contribution is -0.125. The number of fused-ring (bicyclic) bond motifs is 1. The average molecular weight is 313 g/mol. The zero-order valence-corrected chi connectivity index (χ0v) is 13.5. The van der Waals surface area contributed by atoms with Crippen LogP contribution in [0.15, 0.2) is 65.7 Å². The molecule has 0 saturated heterocycles. The predicted molar refractivity (Wildman–Crippen MR) is 95.5 cm³/mol.